The van der Waals surface area contributed by atoms with Crippen LogP contribution < -0.4 is 4.90 Å². The molecule has 29 heavy (non-hydrogen) atoms. The van der Waals surface area contributed by atoms with Crippen molar-refractivity contribution in [2.45, 2.75) is 30.8 Å². The standard InChI is InChI=1S/C26H26N2O/c1-2-25-13-8-15-27-16-14-26(24(25)27)20-11-6-7-12-22(20)28(23(29)21(26)17-25)18-19-9-4-3-5-10-19/h2-13,21,24H,1,14-18H2/t21-,24-,25-,26-/m0/s1. The summed E-state index contributed by atoms with van der Waals surface area (Å²) in [5.41, 5.74) is 3.44. The Morgan fingerprint density at radius 2 is 1.90 bits per heavy atom. The van der Waals surface area contributed by atoms with E-state index in [2.05, 4.69) is 66.1 Å². The van der Waals surface area contributed by atoms with E-state index >= 15 is 0 Å². The Labute approximate surface area is 172 Å². The van der Waals surface area contributed by atoms with Gasteiger partial charge in [-0.25, -0.2) is 0 Å². The summed E-state index contributed by atoms with van der Waals surface area (Å²) in [6.07, 6.45) is 8.69. The molecule has 146 valence electrons. The molecule has 3 aliphatic heterocycles. The molecular weight excluding hydrogens is 356 g/mol. The third-order valence-electron chi connectivity index (χ3n) is 7.95. The second kappa shape index (κ2) is 5.93. The van der Waals surface area contributed by atoms with Crippen LogP contribution in [-0.4, -0.2) is 29.9 Å². The topological polar surface area (TPSA) is 23.6 Å². The molecule has 0 bridgehead atoms. The molecule has 4 atom stereocenters. The van der Waals surface area contributed by atoms with Crippen molar-refractivity contribution in [2.24, 2.45) is 11.3 Å². The van der Waals surface area contributed by atoms with Crippen LogP contribution in [0.3, 0.4) is 0 Å². The van der Waals surface area contributed by atoms with Gasteiger partial charge in [-0.1, -0.05) is 66.8 Å². The van der Waals surface area contributed by atoms with Crippen LogP contribution in [0.1, 0.15) is 24.0 Å². The molecule has 1 saturated heterocycles. The lowest BCUT2D eigenvalue weighted by Gasteiger charge is -2.47. The summed E-state index contributed by atoms with van der Waals surface area (Å²) in [7, 11) is 0. The fraction of sp³-hybridized carbons (Fsp3) is 0.346. The molecule has 0 unspecified atom stereocenters. The second-order valence-electron chi connectivity index (χ2n) is 9.09. The number of carbonyl (C=O) groups excluding carboxylic acids is 1. The molecule has 0 aromatic heterocycles. The summed E-state index contributed by atoms with van der Waals surface area (Å²) < 4.78 is 0. The summed E-state index contributed by atoms with van der Waals surface area (Å²) >= 11 is 0. The van der Waals surface area contributed by atoms with Gasteiger partial charge in [0.2, 0.25) is 5.91 Å². The van der Waals surface area contributed by atoms with E-state index in [-0.39, 0.29) is 16.7 Å². The normalized spacial score (nSPS) is 34.6. The first-order valence-electron chi connectivity index (χ1n) is 10.7. The lowest BCUT2D eigenvalue weighted by molar-refractivity contribution is -0.125. The van der Waals surface area contributed by atoms with E-state index in [9.17, 15) is 4.79 Å². The highest BCUT2D eigenvalue weighted by Crippen LogP contribution is 2.66. The minimum atomic E-state index is -0.106. The van der Waals surface area contributed by atoms with Gasteiger partial charge >= 0.3 is 0 Å². The second-order valence-corrected chi connectivity index (χ2v) is 9.09. The third kappa shape index (κ3) is 2.09. The molecule has 3 heteroatoms. The average molecular weight is 383 g/mol. The van der Waals surface area contributed by atoms with Gasteiger partial charge in [0.05, 0.1) is 12.5 Å². The Balaban J connectivity index is 1.54. The average Bonchev–Trinajstić information content (AvgIpc) is 3.31. The largest absolute Gasteiger partial charge is 0.307 e. The van der Waals surface area contributed by atoms with Crippen LogP contribution in [0.4, 0.5) is 5.69 Å². The Morgan fingerprint density at radius 1 is 1.10 bits per heavy atom. The van der Waals surface area contributed by atoms with Crippen LogP contribution in [0.5, 0.6) is 0 Å². The van der Waals surface area contributed by atoms with E-state index in [1.165, 1.54) is 11.1 Å². The van der Waals surface area contributed by atoms with E-state index in [1.54, 1.807) is 0 Å². The van der Waals surface area contributed by atoms with E-state index in [4.69, 9.17) is 0 Å². The first kappa shape index (κ1) is 17.2. The molecule has 1 amide bonds. The molecule has 1 saturated carbocycles. The monoisotopic (exact) mass is 382 g/mol. The molecular formula is C26H26N2O. The van der Waals surface area contributed by atoms with Gasteiger partial charge in [-0.05, 0) is 36.6 Å². The summed E-state index contributed by atoms with van der Waals surface area (Å²) in [6.45, 7) is 6.91. The number of anilines is 1. The molecule has 0 radical (unpaired) electrons. The zero-order valence-electron chi connectivity index (χ0n) is 16.6. The van der Waals surface area contributed by atoms with Gasteiger partial charge in [-0.2, -0.15) is 0 Å². The first-order chi connectivity index (χ1) is 14.2. The Kier molecular flexibility index (Phi) is 3.52. The summed E-state index contributed by atoms with van der Waals surface area (Å²) in [6, 6.07) is 19.3. The maximum atomic E-state index is 14.0. The van der Waals surface area contributed by atoms with Crippen molar-refractivity contribution in [3.8, 4) is 0 Å². The molecule has 1 spiro atoms. The molecule has 2 aromatic rings. The number of fused-ring (bicyclic) bond motifs is 1. The summed E-state index contributed by atoms with van der Waals surface area (Å²) in [5.74, 6) is 0.301. The highest BCUT2D eigenvalue weighted by Gasteiger charge is 2.70. The molecule has 2 aromatic carbocycles. The SMILES string of the molecule is C=C[C@]12C=CCN3CC[C@@]4(c5ccccc5N(Cc5ccccc5)C(=O)[C@@H]4C1)[C@@H]32. The molecule has 2 fully saturated rings. The summed E-state index contributed by atoms with van der Waals surface area (Å²) in [4.78, 5) is 18.6. The number of carbonyl (C=O) groups is 1. The van der Waals surface area contributed by atoms with Gasteiger partial charge < -0.3 is 4.90 Å². The van der Waals surface area contributed by atoms with E-state index in [1.807, 2.05) is 23.1 Å². The highest BCUT2D eigenvalue weighted by atomic mass is 16.2. The van der Waals surface area contributed by atoms with Crippen molar-refractivity contribution in [3.63, 3.8) is 0 Å². The number of hydrogen-bond donors (Lipinski definition) is 0. The lowest BCUT2D eigenvalue weighted by Crippen LogP contribution is -2.55. The number of para-hydroxylation sites is 1. The molecule has 6 rings (SSSR count). The van der Waals surface area contributed by atoms with Crippen molar-refractivity contribution in [2.75, 3.05) is 18.0 Å². The van der Waals surface area contributed by atoms with Crippen LogP contribution in [0.15, 0.2) is 79.4 Å². The first-order valence-corrected chi connectivity index (χ1v) is 10.7. The highest BCUT2D eigenvalue weighted by molar-refractivity contribution is 6.00. The number of hydrogen-bond acceptors (Lipinski definition) is 2. The molecule has 0 N–H and O–H groups in total. The predicted molar refractivity (Wildman–Crippen MR) is 116 cm³/mol. The minimum Gasteiger partial charge on any atom is -0.307 e. The summed E-state index contributed by atoms with van der Waals surface area (Å²) in [5, 5.41) is 0. The van der Waals surface area contributed by atoms with E-state index in [0.717, 1.165) is 31.6 Å². The quantitative estimate of drug-likeness (QED) is 0.739. The van der Waals surface area contributed by atoms with Crippen LogP contribution in [0.25, 0.3) is 0 Å². The van der Waals surface area contributed by atoms with E-state index in [0.29, 0.717) is 18.5 Å². The lowest BCUT2D eigenvalue weighted by atomic mass is 9.64. The smallest absolute Gasteiger partial charge is 0.231 e. The zero-order chi connectivity index (χ0) is 19.6. The fourth-order valence-electron chi connectivity index (χ4n) is 6.89. The number of rotatable bonds is 3. The van der Waals surface area contributed by atoms with Crippen molar-refractivity contribution in [1.82, 2.24) is 4.90 Å². The minimum absolute atomic E-state index is 0.0110. The number of nitrogens with zero attached hydrogens (tertiary/aromatic N) is 2. The molecule has 3 heterocycles. The number of amides is 1. The van der Waals surface area contributed by atoms with Gasteiger partial charge in [0.15, 0.2) is 0 Å². The van der Waals surface area contributed by atoms with Crippen molar-refractivity contribution in [1.29, 1.82) is 0 Å². The van der Waals surface area contributed by atoms with Crippen LogP contribution in [0, 0.1) is 11.3 Å². The predicted octanol–water partition coefficient (Wildman–Crippen LogP) is 4.31. The van der Waals surface area contributed by atoms with Gasteiger partial charge in [0.1, 0.15) is 0 Å². The van der Waals surface area contributed by atoms with E-state index < -0.39 is 0 Å². The van der Waals surface area contributed by atoms with Crippen LogP contribution in [-0.2, 0) is 16.8 Å². The Bertz CT molecular complexity index is 1030. The molecule has 3 nitrogen and oxygen atoms in total. The molecule has 1 aliphatic carbocycles. The maximum Gasteiger partial charge on any atom is 0.231 e. The fourth-order valence-corrected chi connectivity index (χ4v) is 6.89. The van der Waals surface area contributed by atoms with Crippen molar-refractivity contribution < 1.29 is 4.79 Å². The Hall–Kier alpha value is -2.65. The van der Waals surface area contributed by atoms with Crippen LogP contribution >= 0.6 is 0 Å². The van der Waals surface area contributed by atoms with Gasteiger partial charge in [0, 0.05) is 29.1 Å². The van der Waals surface area contributed by atoms with Gasteiger partial charge in [0.25, 0.3) is 0 Å². The van der Waals surface area contributed by atoms with Gasteiger partial charge in [-0.3, -0.25) is 9.69 Å². The van der Waals surface area contributed by atoms with Crippen LogP contribution in [0.2, 0.25) is 0 Å². The molecule has 4 aliphatic rings. The van der Waals surface area contributed by atoms with Crippen molar-refractivity contribution >= 4 is 11.6 Å². The number of benzene rings is 2. The Morgan fingerprint density at radius 3 is 2.72 bits per heavy atom. The zero-order valence-corrected chi connectivity index (χ0v) is 16.6. The van der Waals surface area contributed by atoms with Crippen molar-refractivity contribution in [3.05, 3.63) is 90.5 Å². The third-order valence-corrected chi connectivity index (χ3v) is 7.95. The van der Waals surface area contributed by atoms with Gasteiger partial charge in [-0.15, -0.1) is 6.58 Å². The maximum absolute atomic E-state index is 14.0.